The van der Waals surface area contributed by atoms with Crippen LogP contribution in [0, 0.1) is 17.3 Å². The highest BCUT2D eigenvalue weighted by atomic mass is 19.4. The van der Waals surface area contributed by atoms with Crippen molar-refractivity contribution < 1.29 is 18.3 Å². The molecule has 3 aromatic heterocycles. The van der Waals surface area contributed by atoms with Gasteiger partial charge in [-0.3, -0.25) is 4.79 Å². The Morgan fingerprint density at radius 2 is 1.76 bits per heavy atom. The maximum absolute atomic E-state index is 14.6. The number of likely N-dealkylation sites (tertiary alicyclic amines) is 1. The number of pyridine rings is 1. The molecule has 46 heavy (non-hydrogen) atoms. The minimum Gasteiger partial charge on any atom is -0.375 e. The van der Waals surface area contributed by atoms with Gasteiger partial charge in [-0.05, 0) is 80.5 Å². The Balaban J connectivity index is 1.14. The molecule has 0 radical (unpaired) electrons. The van der Waals surface area contributed by atoms with E-state index in [1.807, 2.05) is 12.1 Å². The van der Waals surface area contributed by atoms with Crippen molar-refractivity contribution in [3.05, 3.63) is 76.9 Å². The summed E-state index contributed by atoms with van der Waals surface area (Å²) in [6, 6.07) is 11.2. The molecule has 2 aliphatic carbocycles. The molecule has 2 saturated heterocycles. The number of hydrogen-bond donors (Lipinski definition) is 2. The van der Waals surface area contributed by atoms with Crippen molar-refractivity contribution in [1.29, 1.82) is 0 Å². The van der Waals surface area contributed by atoms with Crippen molar-refractivity contribution >= 4 is 28.4 Å². The smallest absolute Gasteiger partial charge is 0.375 e. The minimum absolute atomic E-state index is 0.0450. The second kappa shape index (κ2) is 10.1. The maximum atomic E-state index is 14.6. The first-order valence-corrected chi connectivity index (χ1v) is 15.7. The first-order valence-electron chi connectivity index (χ1n) is 15.7. The molecule has 2 N–H and O–H groups in total. The van der Waals surface area contributed by atoms with E-state index >= 15 is 0 Å². The Morgan fingerprint density at radius 1 is 1.04 bits per heavy atom. The predicted octanol–water partition coefficient (Wildman–Crippen LogP) is 4.38. The van der Waals surface area contributed by atoms with Crippen LogP contribution in [0.2, 0.25) is 0 Å². The molecule has 10 nitrogen and oxygen atoms in total. The molecule has 4 aliphatic rings. The lowest BCUT2D eigenvalue weighted by atomic mass is 9.71. The summed E-state index contributed by atoms with van der Waals surface area (Å²) in [6.45, 7) is 8.14. The molecule has 240 valence electrons. The molecule has 3 fully saturated rings. The summed E-state index contributed by atoms with van der Waals surface area (Å²) in [6.07, 6.45) is -0.808. The summed E-state index contributed by atoms with van der Waals surface area (Å²) in [5, 5.41) is 14.7. The number of aryl methyl sites for hydroxylation is 1. The number of halogens is 3. The third kappa shape index (κ3) is 4.31. The Morgan fingerprint density at radius 3 is 2.41 bits per heavy atom. The van der Waals surface area contributed by atoms with E-state index in [9.17, 15) is 23.1 Å². The van der Waals surface area contributed by atoms with Crippen molar-refractivity contribution in [2.75, 3.05) is 43.4 Å². The van der Waals surface area contributed by atoms with Crippen LogP contribution in [0.25, 0.3) is 16.9 Å². The van der Waals surface area contributed by atoms with Gasteiger partial charge in [0.15, 0.2) is 11.5 Å². The third-order valence-corrected chi connectivity index (χ3v) is 10.6. The molecular weight excluding hydrogens is 597 g/mol. The number of hydrogen-bond acceptors (Lipinski definition) is 8. The number of anilines is 3. The van der Waals surface area contributed by atoms with E-state index in [2.05, 4.69) is 55.8 Å². The Labute approximate surface area is 263 Å². The molecule has 1 spiro atoms. The zero-order chi connectivity index (χ0) is 32.0. The zero-order valence-corrected chi connectivity index (χ0v) is 25.5. The van der Waals surface area contributed by atoms with Crippen LogP contribution >= 0.6 is 0 Å². The molecule has 0 amide bonds. The summed E-state index contributed by atoms with van der Waals surface area (Å²) >= 11 is 0. The van der Waals surface area contributed by atoms with E-state index in [0.29, 0.717) is 23.8 Å². The number of nitrogens with one attached hydrogen (secondary N) is 1. The van der Waals surface area contributed by atoms with E-state index in [1.54, 1.807) is 12.1 Å². The Kier molecular flexibility index (Phi) is 6.43. The first-order chi connectivity index (χ1) is 22.0. The van der Waals surface area contributed by atoms with Crippen LogP contribution in [0.1, 0.15) is 30.5 Å². The number of alkyl halides is 3. The van der Waals surface area contributed by atoms with Crippen LogP contribution in [-0.4, -0.2) is 73.7 Å². The van der Waals surface area contributed by atoms with Crippen molar-refractivity contribution in [3.8, 4) is 5.82 Å². The summed E-state index contributed by atoms with van der Waals surface area (Å²) in [4.78, 5) is 31.7. The number of benzene rings is 1. The molecule has 3 atom stereocenters. The Bertz CT molecular complexity index is 1900. The normalized spacial score (nSPS) is 25.2. The van der Waals surface area contributed by atoms with Crippen molar-refractivity contribution in [2.45, 2.75) is 44.0 Å². The van der Waals surface area contributed by atoms with Crippen LogP contribution in [0.15, 0.2) is 60.0 Å². The van der Waals surface area contributed by atoms with Crippen LogP contribution in [0.3, 0.4) is 0 Å². The van der Waals surface area contributed by atoms with Gasteiger partial charge in [0.1, 0.15) is 5.39 Å². The van der Waals surface area contributed by atoms with E-state index in [-0.39, 0.29) is 48.6 Å². The average molecular weight is 633 g/mol. The minimum atomic E-state index is -4.91. The molecule has 13 heteroatoms. The molecule has 2 aliphatic heterocycles. The second-order valence-electron chi connectivity index (χ2n) is 13.4. The fraction of sp³-hybridized carbons (Fsp3) is 0.455. The highest BCUT2D eigenvalue weighted by Crippen LogP contribution is 2.68. The van der Waals surface area contributed by atoms with Gasteiger partial charge in [0.05, 0.1) is 12.2 Å². The molecule has 4 aromatic rings. The van der Waals surface area contributed by atoms with E-state index in [4.69, 9.17) is 0 Å². The summed E-state index contributed by atoms with van der Waals surface area (Å²) < 4.78 is 46.4. The second-order valence-corrected chi connectivity index (χ2v) is 13.4. The van der Waals surface area contributed by atoms with Gasteiger partial charge < -0.3 is 20.2 Å². The quantitative estimate of drug-likeness (QED) is 0.302. The van der Waals surface area contributed by atoms with Gasteiger partial charge in [-0.2, -0.15) is 18.2 Å². The molecule has 1 aromatic carbocycles. The van der Waals surface area contributed by atoms with Crippen molar-refractivity contribution in [3.63, 3.8) is 0 Å². The topological polar surface area (TPSA) is 104 Å². The van der Waals surface area contributed by atoms with Crippen LogP contribution in [-0.2, 0) is 18.6 Å². The van der Waals surface area contributed by atoms with E-state index < -0.39 is 28.4 Å². The fourth-order valence-corrected chi connectivity index (χ4v) is 8.05. The van der Waals surface area contributed by atoms with Gasteiger partial charge in [-0.15, -0.1) is 6.58 Å². The van der Waals surface area contributed by atoms with Crippen LogP contribution in [0.5, 0.6) is 0 Å². The number of aromatic nitrogens is 5. The van der Waals surface area contributed by atoms with Crippen LogP contribution < -0.4 is 15.8 Å². The third-order valence-electron chi connectivity index (χ3n) is 10.6. The number of allylic oxidation sites excluding steroid dienone is 1. The highest BCUT2D eigenvalue weighted by Gasteiger charge is 2.74. The van der Waals surface area contributed by atoms with Gasteiger partial charge in [-0.25, -0.2) is 19.3 Å². The predicted molar refractivity (Wildman–Crippen MR) is 167 cm³/mol. The Hall–Kier alpha value is -4.23. The maximum Gasteiger partial charge on any atom is 0.423 e. The molecule has 8 rings (SSSR count). The van der Waals surface area contributed by atoms with Gasteiger partial charge in [-0.1, -0.05) is 12.1 Å². The molecule has 1 saturated carbocycles. The zero-order valence-electron chi connectivity index (χ0n) is 25.5. The number of rotatable bonds is 6. The van der Waals surface area contributed by atoms with Crippen molar-refractivity contribution in [1.82, 2.24) is 29.2 Å². The summed E-state index contributed by atoms with van der Waals surface area (Å²) in [5.41, 5.74) is -2.76. The lowest BCUT2D eigenvalue weighted by molar-refractivity contribution is -0.298. The lowest BCUT2D eigenvalue weighted by Crippen LogP contribution is -2.53. The summed E-state index contributed by atoms with van der Waals surface area (Å²) in [5.74, 6) is 1.64. The number of nitrogens with zero attached hydrogens (tertiary/aromatic N) is 7. The number of fused-ring (bicyclic) bond motifs is 3. The van der Waals surface area contributed by atoms with Gasteiger partial charge in [0, 0.05) is 49.2 Å². The molecule has 0 bridgehead atoms. The van der Waals surface area contributed by atoms with Gasteiger partial charge >= 0.3 is 6.18 Å². The monoisotopic (exact) mass is 632 g/mol. The SMILES string of the molecule is C=CCn1c(=O)c2cnc(Nc3ccc(N4C[C@H]5CN(C)C[C@H]5C4)cc3)nc2n1-c1ccc2c(n1)[C@@](O)(C(F)(F)F)C1(CC2)CC1. The highest BCUT2D eigenvalue weighted by molar-refractivity contribution is 5.77. The largest absolute Gasteiger partial charge is 0.423 e. The fourth-order valence-electron chi connectivity index (χ4n) is 8.05. The van der Waals surface area contributed by atoms with Gasteiger partial charge in [0.25, 0.3) is 5.56 Å². The van der Waals surface area contributed by atoms with E-state index in [1.165, 1.54) is 21.6 Å². The summed E-state index contributed by atoms with van der Waals surface area (Å²) in [7, 11) is 2.18. The average Bonchev–Trinajstić information content (AvgIpc) is 3.48. The molecule has 5 heterocycles. The molecular formula is C33H35F3N8O2. The van der Waals surface area contributed by atoms with Crippen molar-refractivity contribution in [2.24, 2.45) is 17.3 Å². The number of aliphatic hydroxyl groups is 1. The lowest BCUT2D eigenvalue weighted by Gasteiger charge is -2.42. The first kappa shape index (κ1) is 29.2. The van der Waals surface area contributed by atoms with Crippen LogP contribution in [0.4, 0.5) is 30.5 Å². The molecule has 0 unspecified atom stereocenters. The standard InChI is InChI=1S/C33H35F3N8O2/c1-3-14-43-29(45)25-15-37-30(38-23-5-7-24(8-6-23)42-18-21-16-41(2)17-22(21)19-42)40-28(25)44(43)26-9-4-20-10-11-31(12-13-31)32(46,27(20)39-26)33(34,35)36/h3-9,15,21-22,46H,1,10-14,16-19H2,2H3,(H,37,38,40)/t21-,22+,32-/m0/s1. The van der Waals surface area contributed by atoms with Gasteiger partial charge in [0.2, 0.25) is 11.5 Å². The van der Waals surface area contributed by atoms with E-state index in [0.717, 1.165) is 37.6 Å².